The van der Waals surface area contributed by atoms with Crippen LogP contribution in [0, 0.1) is 0 Å². The molecule has 6 heterocycles. The Bertz CT molecular complexity index is 1880. The van der Waals surface area contributed by atoms with Gasteiger partial charge in [-0.05, 0) is 0 Å². The Kier molecular flexibility index (Phi) is 14.3. The van der Waals surface area contributed by atoms with Crippen LogP contribution in [0.4, 0.5) is 0 Å². The van der Waals surface area contributed by atoms with E-state index in [-0.39, 0.29) is 86.9 Å². The van der Waals surface area contributed by atoms with Crippen molar-refractivity contribution in [3.8, 4) is 0 Å². The molecule has 27 heteroatoms. The van der Waals surface area contributed by atoms with Gasteiger partial charge in [-0.1, -0.05) is 0 Å². The summed E-state index contributed by atoms with van der Waals surface area (Å²) in [6.45, 7) is -1.42. The Morgan fingerprint density at radius 3 is 2.06 bits per heavy atom. The molecule has 10 N–H and O–H groups in total. The van der Waals surface area contributed by atoms with Crippen LogP contribution in [-0.2, 0) is 29.1 Å². The van der Waals surface area contributed by atoms with Crippen LogP contribution >= 0.6 is 7.82 Å². The van der Waals surface area contributed by atoms with Crippen LogP contribution < -0.4 is 80.2 Å². The Hall–Kier alpha value is -2.04. The van der Waals surface area contributed by atoms with Gasteiger partial charge in [0.2, 0.25) is 5.72 Å². The van der Waals surface area contributed by atoms with E-state index >= 15 is 0 Å². The van der Waals surface area contributed by atoms with E-state index in [1.165, 1.54) is 10.9 Å². The summed E-state index contributed by atoms with van der Waals surface area (Å²) in [5.74, 6) is -1.88. The van der Waals surface area contributed by atoms with Crippen molar-refractivity contribution >= 4 is 36.1 Å². The second kappa shape index (κ2) is 16.3. The fourth-order valence-electron chi connectivity index (χ4n) is 4.82. The molecule has 2 aliphatic heterocycles. The van der Waals surface area contributed by atoms with Gasteiger partial charge in [-0.15, -0.1) is 0 Å². The van der Waals surface area contributed by atoms with E-state index in [0.717, 1.165) is 23.5 Å². The molecule has 4 aromatic rings. The summed E-state index contributed by atoms with van der Waals surface area (Å²) in [5, 5.41) is 60.6. The van der Waals surface area contributed by atoms with Gasteiger partial charge in [-0.3, -0.25) is 23.3 Å². The minimum Gasteiger partial charge on any atom is -0.756 e. The molecule has 24 nitrogen and oxygen atoms in total. The van der Waals surface area contributed by atoms with Crippen molar-refractivity contribution in [2.75, 3.05) is 13.2 Å². The van der Waals surface area contributed by atoms with E-state index in [0.29, 0.717) is 0 Å². The average Bonchev–Trinajstić information content (AvgIpc) is 3.74. The molecule has 0 bridgehead atoms. The number of carbonyl (C=O) groups is 1. The molecular weight excluding hydrogens is 697 g/mol. The van der Waals surface area contributed by atoms with Gasteiger partial charge < -0.3 is 74.7 Å². The Labute approximate surface area is 309 Å². The zero-order valence-electron chi connectivity index (χ0n) is 24.8. The predicted octanol–water partition coefficient (Wildman–Crippen LogP) is -14.0. The first-order chi connectivity index (χ1) is 21.2. The molecule has 1 unspecified atom stereocenters. The molecule has 4 aromatic heterocycles. The molecule has 2 saturated heterocycles. The van der Waals surface area contributed by atoms with E-state index in [1.807, 2.05) is 0 Å². The summed E-state index contributed by atoms with van der Waals surface area (Å²) in [6, 6.07) is 0. The van der Waals surface area contributed by atoms with E-state index in [9.17, 15) is 49.4 Å². The number of aliphatic hydroxyl groups is 5. The molecule has 6 rings (SSSR count). The number of aliphatic carboxylic acids is 1. The van der Waals surface area contributed by atoms with Crippen LogP contribution in [0.25, 0.3) is 22.3 Å². The number of fused-ring (bicyclic) bond motifs is 2. The minimum absolute atomic E-state index is 0. The summed E-state index contributed by atoms with van der Waals surface area (Å²) >= 11 is 0. The first kappa shape index (κ1) is 42.1. The van der Waals surface area contributed by atoms with E-state index in [4.69, 9.17) is 19.5 Å². The normalized spacial score (nSPS) is 29.2. The van der Waals surface area contributed by atoms with Crippen molar-refractivity contribution in [3.63, 3.8) is 0 Å². The maximum absolute atomic E-state index is 11.6. The molecular formula is C21H25N8Na2O16P. The van der Waals surface area contributed by atoms with Crippen molar-refractivity contribution in [1.29, 1.82) is 0 Å². The number of nitrogens with one attached hydrogen (secondary N) is 2. The molecule has 0 aliphatic carbocycles. The van der Waals surface area contributed by atoms with Crippen LogP contribution in [0.1, 0.15) is 6.23 Å². The average molecular weight is 722 g/mol. The van der Waals surface area contributed by atoms with Gasteiger partial charge in [0.15, 0.2) is 28.6 Å². The van der Waals surface area contributed by atoms with Crippen LogP contribution in [0.15, 0.2) is 34.9 Å². The van der Waals surface area contributed by atoms with Gasteiger partial charge in [0, 0.05) is 0 Å². The number of hydrogen-bond acceptors (Lipinski definition) is 18. The van der Waals surface area contributed by atoms with Crippen molar-refractivity contribution in [2.24, 2.45) is 0 Å². The number of H-pyrrole nitrogens is 2. The molecule has 48 heavy (non-hydrogen) atoms. The number of imidazole rings is 2. The van der Waals surface area contributed by atoms with Crippen molar-refractivity contribution < 1.29 is 128 Å². The van der Waals surface area contributed by atoms with Gasteiger partial charge >= 0.3 is 59.1 Å². The Balaban J connectivity index is 0.000000314. The molecule has 0 saturated carbocycles. The van der Waals surface area contributed by atoms with E-state index < -0.39 is 86.7 Å². The number of phosphoric acid groups is 1. The van der Waals surface area contributed by atoms with Gasteiger partial charge in [-0.25, -0.2) is 19.9 Å². The summed E-state index contributed by atoms with van der Waals surface area (Å²) in [7, 11) is -4.99. The molecule has 9 atom stereocenters. The number of aliphatic hydroxyl groups excluding tert-OH is 5. The molecule has 252 valence electrons. The second-order valence-electron chi connectivity index (χ2n) is 9.64. The number of carboxylic acid groups (broad SMARTS) is 1. The molecule has 2 fully saturated rings. The quantitative estimate of drug-likeness (QED) is 0.0648. The van der Waals surface area contributed by atoms with Crippen LogP contribution in [0.2, 0.25) is 0 Å². The topological polar surface area (TPSA) is 388 Å². The molecule has 0 radical (unpaired) electrons. The number of carboxylic acids is 1. The van der Waals surface area contributed by atoms with Crippen LogP contribution in [0.3, 0.4) is 0 Å². The van der Waals surface area contributed by atoms with E-state index in [2.05, 4.69) is 34.4 Å². The summed E-state index contributed by atoms with van der Waals surface area (Å²) in [6.07, 6.45) is -6.03. The number of aromatic nitrogens is 8. The monoisotopic (exact) mass is 722 g/mol. The summed E-state index contributed by atoms with van der Waals surface area (Å²) in [5.41, 5.74) is -3.92. The van der Waals surface area contributed by atoms with Crippen molar-refractivity contribution in [1.82, 2.24) is 39.0 Å². The third kappa shape index (κ3) is 7.65. The number of aromatic amines is 2. The first-order valence-corrected chi connectivity index (χ1v) is 14.1. The number of rotatable bonds is 7. The second-order valence-corrected chi connectivity index (χ2v) is 10.8. The smallest absolute Gasteiger partial charge is 0.756 e. The minimum atomic E-state index is -4.99. The number of phosphoric ester groups is 1. The van der Waals surface area contributed by atoms with Crippen LogP contribution in [0.5, 0.6) is 0 Å². The largest absolute Gasteiger partial charge is 1.00 e. The number of ether oxygens (including phenoxy) is 2. The fraction of sp³-hybridized carbons (Fsp3) is 0.476. The molecule has 2 aliphatic rings. The first-order valence-electron chi connectivity index (χ1n) is 12.6. The maximum Gasteiger partial charge on any atom is 1.00 e. The van der Waals surface area contributed by atoms with Crippen LogP contribution in [-0.4, -0.2) is 131 Å². The summed E-state index contributed by atoms with van der Waals surface area (Å²) in [4.78, 5) is 73.9. The molecule has 0 aromatic carbocycles. The van der Waals surface area contributed by atoms with Gasteiger partial charge in [0.05, 0.1) is 38.2 Å². The van der Waals surface area contributed by atoms with Crippen molar-refractivity contribution in [3.05, 3.63) is 46.0 Å². The van der Waals surface area contributed by atoms with Crippen molar-refractivity contribution in [2.45, 2.75) is 48.6 Å². The number of nitrogens with zero attached hydrogens (tertiary/aromatic N) is 6. The number of carbonyl (C=O) groups excluding carboxylic acids is 1. The van der Waals surface area contributed by atoms with E-state index in [1.54, 1.807) is 0 Å². The Morgan fingerprint density at radius 2 is 1.52 bits per heavy atom. The zero-order chi connectivity index (χ0) is 32.8. The molecule has 0 spiro atoms. The standard InChI is InChI=1S/C11H12N4O7.C10H13N4O8P.2Na.H2O/c16-1-4-6(17)7(18)11(22-4,10(20)21)15-3-14-5-8(15)12-2-13-9(5)19;15-6-4(1-21-23(18,19)20)22-10(7(6)16)14-3-13-5-8(14)11-2-12-9(5)17;;;/h2-4,6-7,16-18H,1H2,(H,20,21)(H,12,13,19);2-4,6-7,10,15-16H,1H2,(H,11,12,17)(H2,18,19,20);;;1H2/q;;2*+1;/p-2/t4-,6-,7-,11+;4-,6-,7-,10-;;;/m11.../s1. The van der Waals surface area contributed by atoms with Gasteiger partial charge in [0.1, 0.15) is 43.0 Å². The third-order valence-electron chi connectivity index (χ3n) is 6.98. The molecule has 0 amide bonds. The number of hydrogen-bond donors (Lipinski definition) is 8. The summed E-state index contributed by atoms with van der Waals surface area (Å²) < 4.78 is 27.3. The van der Waals surface area contributed by atoms with Gasteiger partial charge in [0.25, 0.3) is 18.9 Å². The van der Waals surface area contributed by atoms with Gasteiger partial charge in [-0.2, -0.15) is 0 Å². The predicted molar refractivity (Wildman–Crippen MR) is 139 cm³/mol. The Morgan fingerprint density at radius 1 is 0.958 bits per heavy atom. The SMILES string of the molecule is O.O=C([O-])[C@@]1(n2cnc3c(=O)[nH]cnc32)O[C@H](CO)[C@@H](O)[C@H]1O.O=c1[nH]cnc2c1ncn2[C@@H]1O[C@H](COP(=O)([O-])O)[C@@H](O)[C@H]1O.[Na+].[Na+]. The third-order valence-corrected chi connectivity index (χ3v) is 7.46. The fourth-order valence-corrected chi connectivity index (χ4v) is 5.15. The zero-order valence-corrected chi connectivity index (χ0v) is 29.6. The maximum atomic E-state index is 11.6.